The normalized spacial score (nSPS) is 17.6. The number of imidazole rings is 1. The molecule has 1 saturated carbocycles. The van der Waals surface area contributed by atoms with E-state index in [0.29, 0.717) is 5.88 Å². The zero-order valence-electron chi connectivity index (χ0n) is 11.1. The fourth-order valence-electron chi connectivity index (χ4n) is 3.20. The third-order valence-electron chi connectivity index (χ3n) is 4.42. The first kappa shape index (κ1) is 13.3. The van der Waals surface area contributed by atoms with Crippen molar-refractivity contribution in [2.45, 2.75) is 44.6 Å². The number of alkyl halides is 1. The second-order valence-corrected chi connectivity index (χ2v) is 6.18. The van der Waals surface area contributed by atoms with Crippen LogP contribution in [0.5, 0.6) is 0 Å². The molecular weight excluding hydrogens is 279 g/mol. The lowest BCUT2D eigenvalue weighted by Crippen LogP contribution is -2.41. The molecule has 0 aliphatic heterocycles. The van der Waals surface area contributed by atoms with E-state index >= 15 is 0 Å². The van der Waals surface area contributed by atoms with E-state index in [0.717, 1.165) is 29.2 Å². The molecule has 102 valence electrons. The van der Waals surface area contributed by atoms with Crippen molar-refractivity contribution in [2.24, 2.45) is 0 Å². The van der Waals surface area contributed by atoms with Gasteiger partial charge in [-0.1, -0.05) is 18.5 Å². The van der Waals surface area contributed by atoms with Crippen molar-refractivity contribution in [1.29, 1.82) is 0 Å². The Morgan fingerprint density at radius 1 is 1.37 bits per heavy atom. The molecule has 0 amide bonds. The molecule has 1 aliphatic rings. The number of halogens is 2. The van der Waals surface area contributed by atoms with Crippen LogP contribution < -0.4 is 0 Å². The van der Waals surface area contributed by atoms with Crippen LogP contribution in [0.2, 0.25) is 5.02 Å². The van der Waals surface area contributed by atoms with Crippen LogP contribution in [-0.2, 0) is 12.0 Å². The summed E-state index contributed by atoms with van der Waals surface area (Å²) in [4.78, 5) is 4.75. The first-order valence-electron chi connectivity index (χ1n) is 6.93. The van der Waals surface area contributed by atoms with Gasteiger partial charge in [0.2, 0.25) is 0 Å². The number of aromatic nitrogens is 2. The topological polar surface area (TPSA) is 17.8 Å². The quantitative estimate of drug-likeness (QED) is 0.744. The third kappa shape index (κ3) is 2.05. The van der Waals surface area contributed by atoms with Crippen molar-refractivity contribution in [3.63, 3.8) is 0 Å². The van der Waals surface area contributed by atoms with E-state index in [9.17, 15) is 0 Å². The average molecular weight is 297 g/mol. The standard InChI is InChI=1S/C15H18Cl2N2/c1-2-15(7-3-8-15)19-13-5-4-11(17)10-12(13)18-14(19)6-9-16/h4-5,10H,2-3,6-9H2,1H3. The number of hydrogen-bond acceptors (Lipinski definition) is 1. The Kier molecular flexibility index (Phi) is 3.48. The van der Waals surface area contributed by atoms with Crippen LogP contribution in [0.4, 0.5) is 0 Å². The molecule has 19 heavy (non-hydrogen) atoms. The largest absolute Gasteiger partial charge is 0.322 e. The maximum absolute atomic E-state index is 6.08. The molecule has 1 aliphatic carbocycles. The second kappa shape index (κ2) is 4.99. The Hall–Kier alpha value is -0.730. The average Bonchev–Trinajstić information content (AvgIpc) is 2.68. The van der Waals surface area contributed by atoms with E-state index in [1.807, 2.05) is 12.1 Å². The summed E-state index contributed by atoms with van der Waals surface area (Å²) in [5.41, 5.74) is 2.45. The highest BCUT2D eigenvalue weighted by Crippen LogP contribution is 2.44. The Morgan fingerprint density at radius 3 is 2.74 bits per heavy atom. The van der Waals surface area contributed by atoms with E-state index < -0.39 is 0 Å². The zero-order chi connectivity index (χ0) is 13.5. The molecule has 0 unspecified atom stereocenters. The van der Waals surface area contributed by atoms with Crippen molar-refractivity contribution in [1.82, 2.24) is 9.55 Å². The van der Waals surface area contributed by atoms with Crippen molar-refractivity contribution < 1.29 is 0 Å². The molecule has 0 bridgehead atoms. The van der Waals surface area contributed by atoms with Gasteiger partial charge in [0.05, 0.1) is 11.0 Å². The molecule has 0 spiro atoms. The Balaban J connectivity index is 2.21. The SMILES string of the molecule is CCC1(n2c(CCCl)nc3cc(Cl)ccc32)CCC1. The second-order valence-electron chi connectivity index (χ2n) is 5.37. The minimum absolute atomic E-state index is 0.254. The summed E-state index contributed by atoms with van der Waals surface area (Å²) < 4.78 is 2.44. The number of hydrogen-bond donors (Lipinski definition) is 0. The summed E-state index contributed by atoms with van der Waals surface area (Å²) in [5.74, 6) is 1.71. The lowest BCUT2D eigenvalue weighted by molar-refractivity contribution is 0.137. The van der Waals surface area contributed by atoms with Crippen LogP contribution in [0.15, 0.2) is 18.2 Å². The molecule has 2 aromatic rings. The number of aryl methyl sites for hydroxylation is 1. The predicted octanol–water partition coefficient (Wildman–Crippen LogP) is 4.76. The van der Waals surface area contributed by atoms with Crippen LogP contribution >= 0.6 is 23.2 Å². The fraction of sp³-hybridized carbons (Fsp3) is 0.533. The van der Waals surface area contributed by atoms with Gasteiger partial charge < -0.3 is 4.57 Å². The highest BCUT2D eigenvalue weighted by atomic mass is 35.5. The molecule has 1 aromatic carbocycles. The number of nitrogens with zero attached hydrogens (tertiary/aromatic N) is 2. The van der Waals surface area contributed by atoms with Crippen LogP contribution in [0.3, 0.4) is 0 Å². The first-order chi connectivity index (χ1) is 9.20. The number of benzene rings is 1. The molecule has 1 aromatic heterocycles. The zero-order valence-corrected chi connectivity index (χ0v) is 12.6. The summed E-state index contributed by atoms with van der Waals surface area (Å²) >= 11 is 12.0. The van der Waals surface area contributed by atoms with Gasteiger partial charge in [-0.2, -0.15) is 0 Å². The van der Waals surface area contributed by atoms with Gasteiger partial charge >= 0.3 is 0 Å². The maximum atomic E-state index is 6.08. The highest BCUT2D eigenvalue weighted by Gasteiger charge is 2.39. The Morgan fingerprint density at radius 2 is 2.16 bits per heavy atom. The molecule has 4 heteroatoms. The fourth-order valence-corrected chi connectivity index (χ4v) is 3.54. The van der Waals surface area contributed by atoms with Gasteiger partial charge in [0.1, 0.15) is 5.82 Å². The number of fused-ring (bicyclic) bond motifs is 1. The molecule has 1 fully saturated rings. The molecule has 0 saturated heterocycles. The van der Waals surface area contributed by atoms with Gasteiger partial charge in [-0.3, -0.25) is 0 Å². The van der Waals surface area contributed by atoms with Gasteiger partial charge in [-0.15, -0.1) is 11.6 Å². The smallest absolute Gasteiger partial charge is 0.111 e. The van der Waals surface area contributed by atoms with Gasteiger partial charge in [-0.25, -0.2) is 4.98 Å². The van der Waals surface area contributed by atoms with Gasteiger partial charge in [0.15, 0.2) is 0 Å². The van der Waals surface area contributed by atoms with E-state index in [1.165, 1.54) is 24.8 Å². The lowest BCUT2D eigenvalue weighted by atomic mass is 9.74. The van der Waals surface area contributed by atoms with Crippen molar-refractivity contribution in [3.05, 3.63) is 29.0 Å². The molecule has 0 atom stereocenters. The maximum Gasteiger partial charge on any atom is 0.111 e. The molecular formula is C15H18Cl2N2. The first-order valence-corrected chi connectivity index (χ1v) is 7.85. The number of rotatable bonds is 4. The van der Waals surface area contributed by atoms with Gasteiger partial charge in [0, 0.05) is 22.9 Å². The van der Waals surface area contributed by atoms with Crippen LogP contribution in [0, 0.1) is 0 Å². The predicted molar refractivity (Wildman–Crippen MR) is 81.3 cm³/mol. The lowest BCUT2D eigenvalue weighted by Gasteiger charge is -2.44. The van der Waals surface area contributed by atoms with Gasteiger partial charge in [-0.05, 0) is 43.9 Å². The van der Waals surface area contributed by atoms with Crippen molar-refractivity contribution >= 4 is 34.2 Å². The minimum Gasteiger partial charge on any atom is -0.322 e. The van der Waals surface area contributed by atoms with Crippen molar-refractivity contribution in [3.8, 4) is 0 Å². The monoisotopic (exact) mass is 296 g/mol. The van der Waals surface area contributed by atoms with Crippen LogP contribution in [0.25, 0.3) is 11.0 Å². The van der Waals surface area contributed by atoms with E-state index in [1.54, 1.807) is 0 Å². The van der Waals surface area contributed by atoms with E-state index in [4.69, 9.17) is 28.2 Å². The van der Waals surface area contributed by atoms with Crippen LogP contribution in [0.1, 0.15) is 38.4 Å². The summed E-state index contributed by atoms with van der Waals surface area (Å²) in [5, 5.41) is 0.744. The molecule has 0 radical (unpaired) electrons. The summed E-state index contributed by atoms with van der Waals surface area (Å²) in [6.45, 7) is 2.27. The summed E-state index contributed by atoms with van der Waals surface area (Å²) in [6, 6.07) is 6.00. The van der Waals surface area contributed by atoms with Crippen molar-refractivity contribution in [2.75, 3.05) is 5.88 Å². The minimum atomic E-state index is 0.254. The van der Waals surface area contributed by atoms with E-state index in [-0.39, 0.29) is 5.54 Å². The summed E-state index contributed by atoms with van der Waals surface area (Å²) in [6.07, 6.45) is 5.76. The summed E-state index contributed by atoms with van der Waals surface area (Å²) in [7, 11) is 0. The molecule has 2 nitrogen and oxygen atoms in total. The Bertz CT molecular complexity index is 594. The third-order valence-corrected chi connectivity index (χ3v) is 4.84. The van der Waals surface area contributed by atoms with Gasteiger partial charge in [0.25, 0.3) is 0 Å². The molecule has 0 N–H and O–H groups in total. The molecule has 1 heterocycles. The van der Waals surface area contributed by atoms with E-state index in [2.05, 4.69) is 17.6 Å². The van der Waals surface area contributed by atoms with Crippen LogP contribution in [-0.4, -0.2) is 15.4 Å². The molecule has 3 rings (SSSR count). The highest BCUT2D eigenvalue weighted by molar-refractivity contribution is 6.31. The Labute approximate surface area is 123 Å².